The summed E-state index contributed by atoms with van der Waals surface area (Å²) < 4.78 is 27.9. The van der Waals surface area contributed by atoms with E-state index in [4.69, 9.17) is 8.42 Å². The highest BCUT2D eigenvalue weighted by atomic mass is 32.2. The fraction of sp³-hybridized carbons (Fsp3) is 1.00. The van der Waals surface area contributed by atoms with Crippen LogP contribution in [0.1, 0.15) is 40.5 Å². The minimum atomic E-state index is -0.750. The minimum Gasteiger partial charge on any atom is -0.616 e. The summed E-state index contributed by atoms with van der Waals surface area (Å²) >= 11 is -1.31. The van der Waals surface area contributed by atoms with E-state index in [-0.39, 0.29) is 0 Å². The van der Waals surface area contributed by atoms with Gasteiger partial charge in [-0.1, -0.05) is 38.9 Å². The lowest BCUT2D eigenvalue weighted by molar-refractivity contribution is 0.558. The van der Waals surface area contributed by atoms with Crippen LogP contribution in [0.4, 0.5) is 0 Å². The lowest BCUT2D eigenvalue weighted by atomic mass is 10.2. The highest BCUT2D eigenvalue weighted by Gasteiger charge is 2.08. The molecule has 0 atom stereocenters. The zero-order chi connectivity index (χ0) is 12.3. The first-order valence-electron chi connectivity index (χ1n) is 5.20. The number of hydrogen-bond donors (Lipinski definition) is 0. The van der Waals surface area contributed by atoms with Gasteiger partial charge in [0.25, 0.3) is 0 Å². The van der Waals surface area contributed by atoms with Crippen LogP contribution in [-0.4, -0.2) is 24.5 Å². The molecule has 0 aromatic rings. The molecule has 0 amide bonds. The van der Waals surface area contributed by atoms with Crippen molar-refractivity contribution in [1.29, 1.82) is 0 Å². The largest absolute Gasteiger partial charge is 0.616 e. The Bertz CT molecular complexity index is 154. The van der Waals surface area contributed by atoms with E-state index in [0.717, 1.165) is 24.3 Å². The van der Waals surface area contributed by atoms with Crippen molar-refractivity contribution in [2.75, 3.05) is 11.5 Å². The molecule has 0 aromatic heterocycles. The number of hydrogen-bond acceptors (Lipinski definition) is 3. The molecular formula is C10H22O3S2. The van der Waals surface area contributed by atoms with Crippen molar-refractivity contribution >= 4 is 22.7 Å². The normalized spacial score (nSPS) is 10.4. The van der Waals surface area contributed by atoms with Crippen molar-refractivity contribution in [2.45, 2.75) is 40.5 Å². The summed E-state index contributed by atoms with van der Waals surface area (Å²) in [6.07, 6.45) is 2.20. The van der Waals surface area contributed by atoms with E-state index in [2.05, 4.69) is 27.7 Å². The molecule has 0 aliphatic heterocycles. The third-order valence-corrected chi connectivity index (χ3v) is 3.23. The first-order valence-corrected chi connectivity index (χ1v) is 7.36. The van der Waals surface area contributed by atoms with Crippen LogP contribution >= 0.6 is 0 Å². The highest BCUT2D eigenvalue weighted by molar-refractivity contribution is 7.91. The molecule has 0 saturated heterocycles. The second-order valence-electron chi connectivity index (χ2n) is 4.28. The van der Waals surface area contributed by atoms with Gasteiger partial charge in [-0.2, -0.15) is 8.42 Å². The third kappa shape index (κ3) is 20.3. The summed E-state index contributed by atoms with van der Waals surface area (Å²) in [5.74, 6) is 3.16. The van der Waals surface area contributed by atoms with Gasteiger partial charge in [0, 0.05) is 0 Å². The van der Waals surface area contributed by atoms with Gasteiger partial charge in [0.15, 0.2) is 0 Å². The first-order chi connectivity index (χ1) is 6.93. The van der Waals surface area contributed by atoms with Crippen LogP contribution in [0.15, 0.2) is 0 Å². The standard InChI is InChI=1S/C10H22OS.O2S/c1-9(2)5-7-12(11)8-6-10(3)4;1-3-2/h9-10H,5-8H2,1-4H3;. The molecule has 0 spiro atoms. The zero-order valence-electron chi connectivity index (χ0n) is 10.0. The zero-order valence-corrected chi connectivity index (χ0v) is 11.7. The first kappa shape index (κ1) is 17.5. The van der Waals surface area contributed by atoms with Gasteiger partial charge < -0.3 is 4.55 Å². The van der Waals surface area contributed by atoms with Crippen LogP contribution in [0, 0.1) is 11.8 Å². The molecule has 5 heteroatoms. The summed E-state index contributed by atoms with van der Waals surface area (Å²) in [6, 6.07) is 0. The molecule has 0 aliphatic carbocycles. The van der Waals surface area contributed by atoms with E-state index in [1.165, 1.54) is 0 Å². The summed E-state index contributed by atoms with van der Waals surface area (Å²) in [7, 11) is 0. The van der Waals surface area contributed by atoms with Crippen LogP contribution in [0.3, 0.4) is 0 Å². The SMILES string of the molecule is CC(C)CC[S+]([O-])CCC(C)C.O=S=O. The van der Waals surface area contributed by atoms with Crippen molar-refractivity contribution < 1.29 is 13.0 Å². The van der Waals surface area contributed by atoms with E-state index in [1.807, 2.05) is 0 Å². The second kappa shape index (κ2) is 12.2. The van der Waals surface area contributed by atoms with Crippen molar-refractivity contribution in [3.8, 4) is 0 Å². The van der Waals surface area contributed by atoms with Crippen molar-refractivity contribution in [2.24, 2.45) is 11.8 Å². The molecule has 0 fully saturated rings. The predicted molar refractivity (Wildman–Crippen MR) is 65.7 cm³/mol. The number of rotatable bonds is 6. The molecule has 0 aromatic carbocycles. The van der Waals surface area contributed by atoms with Crippen LogP contribution in [0.25, 0.3) is 0 Å². The molecular weight excluding hydrogens is 232 g/mol. The van der Waals surface area contributed by atoms with E-state index < -0.39 is 22.7 Å². The van der Waals surface area contributed by atoms with Crippen LogP contribution < -0.4 is 0 Å². The topological polar surface area (TPSA) is 57.2 Å². The molecule has 0 heterocycles. The average Bonchev–Trinajstić information content (AvgIpc) is 2.12. The predicted octanol–water partition coefficient (Wildman–Crippen LogP) is 2.16. The summed E-state index contributed by atoms with van der Waals surface area (Å²) in [4.78, 5) is 0. The summed E-state index contributed by atoms with van der Waals surface area (Å²) in [5.41, 5.74) is 0. The van der Waals surface area contributed by atoms with Crippen molar-refractivity contribution in [3.05, 3.63) is 0 Å². The fourth-order valence-electron chi connectivity index (χ4n) is 0.836. The van der Waals surface area contributed by atoms with Gasteiger partial charge in [0.05, 0.1) is 0 Å². The van der Waals surface area contributed by atoms with Gasteiger partial charge in [0.1, 0.15) is 11.5 Å². The average molecular weight is 254 g/mol. The van der Waals surface area contributed by atoms with E-state index >= 15 is 0 Å². The van der Waals surface area contributed by atoms with E-state index in [9.17, 15) is 4.55 Å². The molecule has 92 valence electrons. The van der Waals surface area contributed by atoms with Crippen LogP contribution in [0.5, 0.6) is 0 Å². The van der Waals surface area contributed by atoms with Gasteiger partial charge in [0.2, 0.25) is 0 Å². The quantitative estimate of drug-likeness (QED) is 0.682. The molecule has 0 saturated carbocycles. The van der Waals surface area contributed by atoms with Crippen molar-refractivity contribution in [3.63, 3.8) is 0 Å². The van der Waals surface area contributed by atoms with E-state index in [0.29, 0.717) is 11.8 Å². The van der Waals surface area contributed by atoms with Gasteiger partial charge in [-0.05, 0) is 24.7 Å². The Hall–Kier alpha value is 0.130. The minimum absolute atomic E-state index is 0.561. The molecule has 0 radical (unpaired) electrons. The Balaban J connectivity index is 0. The molecule has 0 unspecified atom stereocenters. The maximum absolute atomic E-state index is 11.4. The Morgan fingerprint density at radius 3 is 1.47 bits per heavy atom. The highest BCUT2D eigenvalue weighted by Crippen LogP contribution is 2.07. The Morgan fingerprint density at radius 2 is 1.27 bits per heavy atom. The van der Waals surface area contributed by atoms with Gasteiger partial charge in [-0.15, -0.1) is 0 Å². The van der Waals surface area contributed by atoms with Gasteiger partial charge >= 0.3 is 11.6 Å². The lowest BCUT2D eigenvalue weighted by Gasteiger charge is -2.13. The van der Waals surface area contributed by atoms with Gasteiger partial charge in [-0.3, -0.25) is 0 Å². The Labute approximate surface area is 99.8 Å². The Morgan fingerprint density at radius 1 is 1.00 bits per heavy atom. The third-order valence-electron chi connectivity index (χ3n) is 1.85. The monoisotopic (exact) mass is 254 g/mol. The molecule has 15 heavy (non-hydrogen) atoms. The van der Waals surface area contributed by atoms with Gasteiger partial charge in [-0.25, -0.2) is 0 Å². The maximum atomic E-state index is 11.4. The molecule has 0 aliphatic rings. The molecule has 3 nitrogen and oxygen atoms in total. The van der Waals surface area contributed by atoms with Crippen LogP contribution in [0.2, 0.25) is 0 Å². The fourth-order valence-corrected chi connectivity index (χ4v) is 2.51. The summed E-state index contributed by atoms with van der Waals surface area (Å²) in [5, 5.41) is 0. The second-order valence-corrected chi connectivity index (χ2v) is 6.11. The molecule has 0 bridgehead atoms. The van der Waals surface area contributed by atoms with Crippen molar-refractivity contribution in [1.82, 2.24) is 0 Å². The maximum Gasteiger partial charge on any atom is 0.335 e. The summed E-state index contributed by atoms with van der Waals surface area (Å²) in [6.45, 7) is 8.72. The van der Waals surface area contributed by atoms with E-state index in [1.54, 1.807) is 0 Å². The Kier molecular flexibility index (Phi) is 14.3. The molecule has 0 N–H and O–H groups in total. The lowest BCUT2D eigenvalue weighted by Crippen LogP contribution is -2.14. The van der Waals surface area contributed by atoms with Crippen LogP contribution in [-0.2, 0) is 22.7 Å². The smallest absolute Gasteiger partial charge is 0.335 e. The molecule has 0 rings (SSSR count).